The van der Waals surface area contributed by atoms with E-state index < -0.39 is 10.0 Å². The van der Waals surface area contributed by atoms with E-state index in [1.165, 1.54) is 15.6 Å². The van der Waals surface area contributed by atoms with Crippen molar-refractivity contribution in [1.29, 1.82) is 0 Å². The monoisotopic (exact) mass is 540 g/mol. The second kappa shape index (κ2) is 10.7. The molecule has 182 valence electrons. The van der Waals surface area contributed by atoms with Crippen molar-refractivity contribution in [2.24, 2.45) is 0 Å². The van der Waals surface area contributed by atoms with Crippen molar-refractivity contribution >= 4 is 55.3 Å². The second-order valence-electron chi connectivity index (χ2n) is 8.06. The summed E-state index contributed by atoms with van der Waals surface area (Å²) in [6.45, 7) is 6.37. The van der Waals surface area contributed by atoms with Crippen molar-refractivity contribution in [3.63, 3.8) is 0 Å². The molecule has 4 rings (SSSR count). The van der Waals surface area contributed by atoms with Crippen molar-refractivity contribution < 1.29 is 17.9 Å². The molecule has 34 heavy (non-hydrogen) atoms. The van der Waals surface area contributed by atoms with Crippen LogP contribution in [0.3, 0.4) is 0 Å². The summed E-state index contributed by atoms with van der Waals surface area (Å²) < 4.78 is 33.8. The van der Waals surface area contributed by atoms with Crippen LogP contribution in [-0.4, -0.2) is 60.8 Å². The van der Waals surface area contributed by atoms with Crippen molar-refractivity contribution in [1.82, 2.24) is 14.2 Å². The van der Waals surface area contributed by atoms with Gasteiger partial charge in [-0.25, -0.2) is 13.4 Å². The summed E-state index contributed by atoms with van der Waals surface area (Å²) in [5, 5.41) is 5.14. The number of rotatable bonds is 8. The molecule has 0 atom stereocenters. The van der Waals surface area contributed by atoms with E-state index in [9.17, 15) is 13.2 Å². The molecule has 0 bridgehead atoms. The van der Waals surface area contributed by atoms with E-state index in [0.29, 0.717) is 53.5 Å². The van der Waals surface area contributed by atoms with Crippen LogP contribution >= 0.6 is 34.3 Å². The number of hydrogen-bond acceptors (Lipinski definition) is 8. The zero-order chi connectivity index (χ0) is 24.3. The smallest absolute Gasteiger partial charge is 0.257 e. The van der Waals surface area contributed by atoms with Gasteiger partial charge in [-0.3, -0.25) is 15.0 Å². The van der Waals surface area contributed by atoms with Crippen LogP contribution in [0.25, 0.3) is 0 Å². The Kier molecular flexibility index (Phi) is 7.90. The zero-order valence-electron chi connectivity index (χ0n) is 18.7. The van der Waals surface area contributed by atoms with Crippen LogP contribution in [0.5, 0.6) is 5.75 Å². The normalized spacial score (nSPS) is 15.5. The summed E-state index contributed by atoms with van der Waals surface area (Å²) in [6.07, 6.45) is 1.60. The number of sulfonamides is 1. The molecule has 3 heterocycles. The van der Waals surface area contributed by atoms with E-state index in [2.05, 4.69) is 15.2 Å². The average molecular weight is 541 g/mol. The topological polar surface area (TPSA) is 91.8 Å². The number of thiazole rings is 1. The van der Waals surface area contributed by atoms with Gasteiger partial charge in [-0.15, -0.1) is 22.7 Å². The van der Waals surface area contributed by atoms with Gasteiger partial charge in [0, 0.05) is 49.9 Å². The fraction of sp³-hybridized carbons (Fsp3) is 0.364. The Bertz CT molecular complexity index is 1240. The summed E-state index contributed by atoms with van der Waals surface area (Å²) in [4.78, 5) is 19.1. The predicted octanol–water partition coefficient (Wildman–Crippen LogP) is 4.40. The highest BCUT2D eigenvalue weighted by Crippen LogP contribution is 2.29. The molecule has 2 aromatic heterocycles. The molecule has 0 saturated carbocycles. The molecule has 1 aromatic carbocycles. The highest BCUT2D eigenvalue weighted by Gasteiger charge is 2.29. The first-order valence-electron chi connectivity index (χ1n) is 10.7. The molecule has 0 aliphatic carbocycles. The Morgan fingerprint density at radius 2 is 1.97 bits per heavy atom. The van der Waals surface area contributed by atoms with Crippen molar-refractivity contribution in [2.75, 3.05) is 31.5 Å². The third kappa shape index (κ3) is 6.15. The molecule has 8 nitrogen and oxygen atoms in total. The number of hydrogen-bond donors (Lipinski definition) is 1. The van der Waals surface area contributed by atoms with Gasteiger partial charge in [-0.2, -0.15) is 4.31 Å². The van der Waals surface area contributed by atoms with Crippen LogP contribution in [0.4, 0.5) is 5.13 Å². The van der Waals surface area contributed by atoms with Crippen LogP contribution in [0.15, 0.2) is 46.1 Å². The molecule has 12 heteroatoms. The van der Waals surface area contributed by atoms with E-state index in [1.54, 1.807) is 29.8 Å². The number of carbonyl (C=O) groups is 1. The first kappa shape index (κ1) is 25.1. The number of carbonyl (C=O) groups excluding carboxylic acids is 1. The summed E-state index contributed by atoms with van der Waals surface area (Å²) in [6, 6.07) is 8.64. The van der Waals surface area contributed by atoms with Crippen molar-refractivity contribution in [2.45, 2.75) is 30.7 Å². The third-order valence-corrected chi connectivity index (χ3v) is 9.42. The van der Waals surface area contributed by atoms with Crippen LogP contribution in [0.1, 0.15) is 29.8 Å². The van der Waals surface area contributed by atoms with Crippen molar-refractivity contribution in [3.8, 4) is 5.75 Å². The molecule has 1 saturated heterocycles. The fourth-order valence-electron chi connectivity index (χ4n) is 3.63. The number of nitrogens with zero attached hydrogens (tertiary/aromatic N) is 3. The van der Waals surface area contributed by atoms with Crippen LogP contribution in [0.2, 0.25) is 4.34 Å². The van der Waals surface area contributed by atoms with Crippen LogP contribution in [0, 0.1) is 0 Å². The lowest BCUT2D eigenvalue weighted by Crippen LogP contribution is -2.48. The number of ether oxygens (including phenoxy) is 1. The molecule has 1 N–H and O–H groups in total. The Hall–Kier alpha value is -2.02. The standard InChI is InChI=1S/C22H25ClN4O4S3/c1-15(2)31-18-12-16(11-17(13-18)21(28)25-22-24-5-10-32-22)14-26-6-8-27(9-7-26)34(29,30)20-4-3-19(23)33-20/h3-5,10-13,15H,6-9,14H2,1-2H3,(H,24,25,28). The molecule has 1 aliphatic heterocycles. The number of aromatic nitrogens is 1. The first-order chi connectivity index (χ1) is 16.2. The van der Waals surface area contributed by atoms with Gasteiger partial charge in [0.1, 0.15) is 9.96 Å². The minimum absolute atomic E-state index is 0.0374. The van der Waals surface area contributed by atoms with Gasteiger partial charge in [0.25, 0.3) is 15.9 Å². The minimum atomic E-state index is -3.54. The number of piperazine rings is 1. The SMILES string of the molecule is CC(C)Oc1cc(CN2CCN(S(=O)(=O)c3ccc(Cl)s3)CC2)cc(C(=O)Nc2nccs2)c1. The molecule has 1 aliphatic rings. The maximum atomic E-state index is 12.9. The van der Waals surface area contributed by atoms with Gasteiger partial charge in [0.15, 0.2) is 5.13 Å². The number of anilines is 1. The summed E-state index contributed by atoms with van der Waals surface area (Å²) >= 11 is 8.35. The molecule has 1 amide bonds. The highest BCUT2D eigenvalue weighted by atomic mass is 35.5. The largest absolute Gasteiger partial charge is 0.491 e. The van der Waals surface area contributed by atoms with Crippen LogP contribution < -0.4 is 10.1 Å². The quantitative estimate of drug-likeness (QED) is 0.455. The summed E-state index contributed by atoms with van der Waals surface area (Å²) in [5.74, 6) is 0.364. The Morgan fingerprint density at radius 3 is 2.59 bits per heavy atom. The van der Waals surface area contributed by atoms with Gasteiger partial charge in [0.05, 0.1) is 10.4 Å². The number of halogens is 1. The molecular formula is C22H25ClN4O4S3. The van der Waals surface area contributed by atoms with E-state index in [4.69, 9.17) is 16.3 Å². The predicted molar refractivity (Wildman–Crippen MR) is 136 cm³/mol. The zero-order valence-corrected chi connectivity index (χ0v) is 21.9. The lowest BCUT2D eigenvalue weighted by Gasteiger charge is -2.33. The Balaban J connectivity index is 1.45. The Morgan fingerprint density at radius 1 is 1.21 bits per heavy atom. The molecule has 1 fully saturated rings. The first-order valence-corrected chi connectivity index (χ1v) is 14.2. The molecule has 0 spiro atoms. The lowest BCUT2D eigenvalue weighted by atomic mass is 10.1. The highest BCUT2D eigenvalue weighted by molar-refractivity contribution is 7.91. The molecular weight excluding hydrogens is 516 g/mol. The van der Waals surface area contributed by atoms with Gasteiger partial charge in [0.2, 0.25) is 0 Å². The van der Waals surface area contributed by atoms with Gasteiger partial charge in [-0.05, 0) is 49.7 Å². The lowest BCUT2D eigenvalue weighted by molar-refractivity contribution is 0.102. The number of amides is 1. The minimum Gasteiger partial charge on any atom is -0.491 e. The number of nitrogens with one attached hydrogen (secondary N) is 1. The molecule has 0 radical (unpaired) electrons. The van der Waals surface area contributed by atoms with Gasteiger partial charge >= 0.3 is 0 Å². The number of benzene rings is 1. The summed E-state index contributed by atoms with van der Waals surface area (Å²) in [7, 11) is -3.54. The maximum Gasteiger partial charge on any atom is 0.257 e. The summed E-state index contributed by atoms with van der Waals surface area (Å²) in [5.41, 5.74) is 1.41. The average Bonchev–Trinajstić information content (AvgIpc) is 3.45. The van der Waals surface area contributed by atoms with E-state index in [-0.39, 0.29) is 16.2 Å². The fourth-order valence-corrected chi connectivity index (χ4v) is 7.21. The second-order valence-corrected chi connectivity index (χ2v) is 12.8. The van der Waals surface area contributed by atoms with E-state index in [0.717, 1.165) is 16.9 Å². The number of thiophene rings is 1. The molecule has 0 unspecified atom stereocenters. The molecule has 3 aromatic rings. The van der Waals surface area contributed by atoms with Crippen molar-refractivity contribution in [3.05, 3.63) is 57.4 Å². The van der Waals surface area contributed by atoms with E-state index in [1.807, 2.05) is 26.0 Å². The van der Waals surface area contributed by atoms with E-state index >= 15 is 0 Å². The van der Waals surface area contributed by atoms with Gasteiger partial charge in [-0.1, -0.05) is 11.6 Å². The maximum absolute atomic E-state index is 12.9. The van der Waals surface area contributed by atoms with Crippen LogP contribution in [-0.2, 0) is 16.6 Å². The van der Waals surface area contributed by atoms with Gasteiger partial charge < -0.3 is 4.74 Å². The third-order valence-electron chi connectivity index (χ3n) is 5.13. The Labute approximate surface area is 212 Å².